The van der Waals surface area contributed by atoms with Gasteiger partial charge >= 0.3 is 0 Å². The molecule has 2 aromatic heterocycles. The first-order chi connectivity index (χ1) is 20.6. The van der Waals surface area contributed by atoms with Gasteiger partial charge in [0.2, 0.25) is 5.95 Å². The van der Waals surface area contributed by atoms with Crippen LogP contribution in [0.5, 0.6) is 0 Å². The average Bonchev–Trinajstić information content (AvgIpc) is 3.28. The molecule has 0 amide bonds. The predicted octanol–water partition coefficient (Wildman–Crippen LogP) is 3.81. The van der Waals surface area contributed by atoms with Crippen molar-refractivity contribution >= 4 is 38.2 Å². The fourth-order valence-electron chi connectivity index (χ4n) is 5.43. The van der Waals surface area contributed by atoms with Crippen LogP contribution in [0.1, 0.15) is 12.0 Å². The third-order valence-electron chi connectivity index (χ3n) is 7.67. The van der Waals surface area contributed by atoms with E-state index < -0.39 is 26.4 Å². The first-order valence-electron chi connectivity index (χ1n) is 13.9. The molecular weight excluding hydrogens is 578 g/mol. The molecular formula is C30H34F2N6O4S. The number of sulfone groups is 1. The van der Waals surface area contributed by atoms with Gasteiger partial charge in [-0.25, -0.2) is 27.2 Å². The Bertz CT molecular complexity index is 1750. The van der Waals surface area contributed by atoms with E-state index in [1.54, 1.807) is 25.4 Å². The highest BCUT2D eigenvalue weighted by Gasteiger charge is 2.28. The number of para-hydroxylation sites is 1. The Morgan fingerprint density at radius 3 is 2.70 bits per heavy atom. The number of carbonyl (C=O) groups excluding carboxylic acids is 1. The Labute approximate surface area is 249 Å². The summed E-state index contributed by atoms with van der Waals surface area (Å²) in [7, 11) is -0.137. The number of rotatable bonds is 10. The molecule has 0 radical (unpaired) electrons. The van der Waals surface area contributed by atoms with Crippen LogP contribution in [-0.4, -0.2) is 98.2 Å². The van der Waals surface area contributed by atoms with Crippen LogP contribution in [0.2, 0.25) is 0 Å². The first-order valence-corrected chi connectivity index (χ1v) is 15.8. The van der Waals surface area contributed by atoms with Crippen molar-refractivity contribution in [2.45, 2.75) is 23.8 Å². The molecule has 1 fully saturated rings. The molecule has 2 aromatic carbocycles. The van der Waals surface area contributed by atoms with Gasteiger partial charge in [-0.05, 0) is 37.7 Å². The number of aromatic nitrogens is 3. The number of halogens is 2. The Balaban J connectivity index is 1.43. The molecule has 3 heterocycles. The minimum atomic E-state index is -3.81. The van der Waals surface area contributed by atoms with Gasteiger partial charge in [0, 0.05) is 62.1 Å². The Hall–Kier alpha value is -3.78. The second-order valence-electron chi connectivity index (χ2n) is 10.8. The molecule has 13 heteroatoms. The number of Topliss-reactive ketones (excluding diaryl/α,β-unsaturated/α-hetero) is 1. The number of hydrogen-bond donors (Lipinski definition) is 2. The summed E-state index contributed by atoms with van der Waals surface area (Å²) in [6.45, 7) is 3.74. The normalized spacial score (nSPS) is 15.8. The minimum Gasteiger partial charge on any atom is -0.383 e. The van der Waals surface area contributed by atoms with Gasteiger partial charge in [-0.15, -0.1) is 0 Å². The molecule has 0 unspecified atom stereocenters. The number of H-pyrrole nitrogens is 1. The summed E-state index contributed by atoms with van der Waals surface area (Å²) in [5, 5.41) is 3.31. The molecule has 0 saturated carbocycles. The van der Waals surface area contributed by atoms with Crippen molar-refractivity contribution in [3.8, 4) is 11.3 Å². The topological polar surface area (TPSA) is 121 Å². The van der Waals surface area contributed by atoms with E-state index in [4.69, 9.17) is 4.74 Å². The van der Waals surface area contributed by atoms with Gasteiger partial charge in [-0.1, -0.05) is 24.3 Å². The van der Waals surface area contributed by atoms with E-state index in [9.17, 15) is 17.6 Å². The molecule has 228 valence electrons. The fraction of sp³-hybridized carbons (Fsp3) is 0.367. The quantitative estimate of drug-likeness (QED) is 0.275. The lowest BCUT2D eigenvalue weighted by molar-refractivity contribution is -0.125. The van der Waals surface area contributed by atoms with Crippen molar-refractivity contribution in [1.29, 1.82) is 0 Å². The van der Waals surface area contributed by atoms with Gasteiger partial charge in [0.05, 0.1) is 24.5 Å². The standard InChI is InChI=1S/C30H34F2N6O4S/c1-37-11-6-12-38(14-13-37)24(18-42-2)25(39)15-19-7-4-8-20-21(16-33-28(19)20)29-22(31)17-34-30(36-29)35-23-9-5-10-26(27(23)32)43(3,40)41/h4-5,7-10,16-17,24,33H,6,11-15,18H2,1-3H3,(H,34,35,36)/t24-/m0/s1. The summed E-state index contributed by atoms with van der Waals surface area (Å²) in [6, 6.07) is 8.97. The number of nitrogens with zero attached hydrogens (tertiary/aromatic N) is 4. The predicted molar refractivity (Wildman–Crippen MR) is 160 cm³/mol. The lowest BCUT2D eigenvalue weighted by Crippen LogP contribution is -2.46. The van der Waals surface area contributed by atoms with E-state index in [2.05, 4.69) is 37.1 Å². The van der Waals surface area contributed by atoms with Crippen LogP contribution in [0.3, 0.4) is 0 Å². The zero-order chi connectivity index (χ0) is 30.7. The number of likely N-dealkylation sites (N-methyl/N-ethyl adjacent to an activating group) is 1. The summed E-state index contributed by atoms with van der Waals surface area (Å²) < 4.78 is 59.3. The number of nitrogens with one attached hydrogen (secondary N) is 2. The SMILES string of the molecule is COC[C@@H](C(=O)Cc1cccc2c(-c3nc(Nc4cccc(S(C)(=O)=O)c4F)ncc3F)c[nH]c12)N1CCCN(C)CC1. The summed E-state index contributed by atoms with van der Waals surface area (Å²) in [5.74, 6) is -1.77. The van der Waals surface area contributed by atoms with E-state index in [-0.39, 0.29) is 35.6 Å². The number of methoxy groups -OCH3 is 1. The van der Waals surface area contributed by atoms with Gasteiger partial charge in [0.25, 0.3) is 0 Å². The molecule has 1 aliphatic heterocycles. The maximum atomic E-state index is 15.1. The molecule has 4 aromatic rings. The molecule has 1 aliphatic rings. The van der Waals surface area contributed by atoms with Gasteiger partial charge in [0.15, 0.2) is 27.3 Å². The van der Waals surface area contributed by atoms with Crippen LogP contribution in [0.25, 0.3) is 22.2 Å². The summed E-state index contributed by atoms with van der Waals surface area (Å²) in [5.41, 5.74) is 1.66. The van der Waals surface area contributed by atoms with Crippen molar-refractivity contribution in [2.75, 3.05) is 58.5 Å². The molecule has 43 heavy (non-hydrogen) atoms. The molecule has 5 rings (SSSR count). The zero-order valence-electron chi connectivity index (χ0n) is 24.2. The molecule has 0 bridgehead atoms. The third kappa shape index (κ3) is 6.74. The highest BCUT2D eigenvalue weighted by molar-refractivity contribution is 7.90. The highest BCUT2D eigenvalue weighted by Crippen LogP contribution is 2.32. The molecule has 0 aliphatic carbocycles. The second-order valence-corrected chi connectivity index (χ2v) is 12.7. The van der Waals surface area contributed by atoms with E-state index in [0.29, 0.717) is 23.1 Å². The monoisotopic (exact) mass is 612 g/mol. The number of ether oxygens (including phenoxy) is 1. The molecule has 0 spiro atoms. The molecule has 10 nitrogen and oxygen atoms in total. The number of benzene rings is 2. The van der Waals surface area contributed by atoms with Crippen molar-refractivity contribution in [3.05, 3.63) is 66.0 Å². The van der Waals surface area contributed by atoms with Crippen LogP contribution >= 0.6 is 0 Å². The summed E-state index contributed by atoms with van der Waals surface area (Å²) >= 11 is 0. The van der Waals surface area contributed by atoms with Gasteiger partial charge in [-0.3, -0.25) is 9.69 Å². The maximum Gasteiger partial charge on any atom is 0.228 e. The number of fused-ring (bicyclic) bond motifs is 1. The van der Waals surface area contributed by atoms with Crippen LogP contribution in [0.4, 0.5) is 20.4 Å². The third-order valence-corrected chi connectivity index (χ3v) is 8.78. The van der Waals surface area contributed by atoms with E-state index in [1.807, 2.05) is 6.07 Å². The number of carbonyl (C=O) groups is 1. The number of ketones is 1. The summed E-state index contributed by atoms with van der Waals surface area (Å²) in [6.07, 6.45) is 4.61. The Morgan fingerprint density at radius 2 is 1.93 bits per heavy atom. The highest BCUT2D eigenvalue weighted by atomic mass is 32.2. The van der Waals surface area contributed by atoms with Crippen LogP contribution < -0.4 is 5.32 Å². The van der Waals surface area contributed by atoms with Crippen molar-refractivity contribution in [1.82, 2.24) is 24.8 Å². The van der Waals surface area contributed by atoms with Crippen molar-refractivity contribution in [3.63, 3.8) is 0 Å². The van der Waals surface area contributed by atoms with E-state index in [1.165, 1.54) is 12.1 Å². The van der Waals surface area contributed by atoms with Crippen molar-refractivity contribution < 1.29 is 26.7 Å². The number of aromatic amines is 1. The van der Waals surface area contributed by atoms with Crippen LogP contribution in [-0.2, 0) is 25.8 Å². The molecule has 2 N–H and O–H groups in total. The number of hydrogen-bond acceptors (Lipinski definition) is 9. The van der Waals surface area contributed by atoms with Gasteiger partial charge < -0.3 is 19.9 Å². The fourth-order valence-corrected chi connectivity index (χ4v) is 6.20. The largest absolute Gasteiger partial charge is 0.383 e. The smallest absolute Gasteiger partial charge is 0.228 e. The maximum absolute atomic E-state index is 15.1. The van der Waals surface area contributed by atoms with Crippen molar-refractivity contribution in [2.24, 2.45) is 0 Å². The Morgan fingerprint density at radius 1 is 1.14 bits per heavy atom. The average molecular weight is 613 g/mol. The zero-order valence-corrected chi connectivity index (χ0v) is 25.0. The lowest BCUT2D eigenvalue weighted by atomic mass is 9.99. The first kappa shape index (κ1) is 30.7. The van der Waals surface area contributed by atoms with Gasteiger partial charge in [-0.2, -0.15) is 0 Å². The Kier molecular flexibility index (Phi) is 9.16. The van der Waals surface area contributed by atoms with Crippen LogP contribution in [0, 0.1) is 11.6 Å². The molecule has 1 atom stereocenters. The minimum absolute atomic E-state index is 0.0353. The molecule has 1 saturated heterocycles. The second kappa shape index (κ2) is 12.8. The van der Waals surface area contributed by atoms with E-state index >= 15 is 4.39 Å². The van der Waals surface area contributed by atoms with Gasteiger partial charge in [0.1, 0.15) is 10.6 Å². The van der Waals surface area contributed by atoms with Crippen LogP contribution in [0.15, 0.2) is 53.7 Å². The number of anilines is 2. The summed E-state index contributed by atoms with van der Waals surface area (Å²) in [4.78, 5) is 28.9. The van der Waals surface area contributed by atoms with E-state index in [0.717, 1.165) is 56.7 Å². The lowest BCUT2D eigenvalue weighted by Gasteiger charge is -2.29.